The fourth-order valence-electron chi connectivity index (χ4n) is 3.57. The molecule has 0 aromatic rings. The SMILES string of the molecule is CCCN1C2CC3CN(C2)N(CCC)N1C3. The zero-order valence-electron chi connectivity index (χ0n) is 10.6. The topological polar surface area (TPSA) is 13.0 Å². The van der Waals surface area contributed by atoms with Crippen molar-refractivity contribution in [2.24, 2.45) is 5.92 Å². The Kier molecular flexibility index (Phi) is 2.92. The smallest absolute Gasteiger partial charge is 0.0405 e. The molecule has 0 aliphatic carbocycles. The largest absolute Gasteiger partial charge is 0.225 e. The summed E-state index contributed by atoms with van der Waals surface area (Å²) in [4.78, 5) is 0. The van der Waals surface area contributed by atoms with Gasteiger partial charge in [-0.3, -0.25) is 0 Å². The lowest BCUT2D eigenvalue weighted by molar-refractivity contribution is -0.379. The van der Waals surface area contributed by atoms with Crippen LogP contribution in [0.2, 0.25) is 0 Å². The Balaban J connectivity index is 1.78. The summed E-state index contributed by atoms with van der Waals surface area (Å²) in [6, 6.07) is 0.792. The molecule has 0 amide bonds. The van der Waals surface area contributed by atoms with Crippen LogP contribution in [0, 0.1) is 5.92 Å². The average Bonchev–Trinajstić information content (AvgIpc) is 2.28. The van der Waals surface area contributed by atoms with Crippen molar-refractivity contribution >= 4 is 0 Å². The molecule has 92 valence electrons. The van der Waals surface area contributed by atoms with Gasteiger partial charge in [0.05, 0.1) is 0 Å². The van der Waals surface area contributed by atoms with Gasteiger partial charge in [-0.15, -0.1) is 0 Å². The van der Waals surface area contributed by atoms with Crippen LogP contribution in [-0.4, -0.2) is 59.0 Å². The molecular weight excluding hydrogens is 200 g/mol. The summed E-state index contributed by atoms with van der Waals surface area (Å²) in [5.74, 6) is 0.917. The highest BCUT2D eigenvalue weighted by atomic mass is 16.0. The summed E-state index contributed by atoms with van der Waals surface area (Å²) in [5, 5.41) is 10.3. The van der Waals surface area contributed by atoms with Crippen molar-refractivity contribution < 1.29 is 0 Å². The van der Waals surface area contributed by atoms with Gasteiger partial charge in [0.2, 0.25) is 0 Å². The highest BCUT2D eigenvalue weighted by Crippen LogP contribution is 2.36. The molecule has 0 saturated carbocycles. The highest BCUT2D eigenvalue weighted by Gasteiger charge is 2.48. The fourth-order valence-corrected chi connectivity index (χ4v) is 3.57. The van der Waals surface area contributed by atoms with Gasteiger partial charge >= 0.3 is 0 Å². The Hall–Kier alpha value is -0.160. The minimum absolute atomic E-state index is 0.792. The zero-order valence-corrected chi connectivity index (χ0v) is 10.6. The van der Waals surface area contributed by atoms with Crippen molar-refractivity contribution in [3.63, 3.8) is 0 Å². The van der Waals surface area contributed by atoms with Crippen LogP contribution in [0.5, 0.6) is 0 Å². The molecule has 4 aliphatic rings. The van der Waals surface area contributed by atoms with Gasteiger partial charge in [-0.1, -0.05) is 13.8 Å². The summed E-state index contributed by atoms with van der Waals surface area (Å²) in [6.45, 7) is 10.8. The maximum Gasteiger partial charge on any atom is 0.0405 e. The minimum atomic E-state index is 0.792. The van der Waals surface area contributed by atoms with Crippen LogP contribution in [0.15, 0.2) is 0 Å². The first kappa shape index (κ1) is 11.0. The minimum Gasteiger partial charge on any atom is -0.225 e. The third kappa shape index (κ3) is 1.59. The summed E-state index contributed by atoms with van der Waals surface area (Å²) in [7, 11) is 0. The molecule has 0 radical (unpaired) electrons. The van der Waals surface area contributed by atoms with Crippen LogP contribution >= 0.6 is 0 Å². The van der Waals surface area contributed by atoms with E-state index in [1.54, 1.807) is 0 Å². The van der Waals surface area contributed by atoms with Crippen molar-refractivity contribution in [2.75, 3.05) is 32.7 Å². The second kappa shape index (κ2) is 4.26. The van der Waals surface area contributed by atoms with E-state index in [0.717, 1.165) is 12.0 Å². The van der Waals surface area contributed by atoms with E-state index in [1.807, 2.05) is 0 Å². The molecule has 0 aromatic heterocycles. The first-order chi connectivity index (χ1) is 7.83. The van der Waals surface area contributed by atoms with Crippen LogP contribution in [0.25, 0.3) is 0 Å². The van der Waals surface area contributed by atoms with Crippen LogP contribution in [0.3, 0.4) is 0 Å². The molecule has 4 rings (SSSR count). The monoisotopic (exact) mass is 224 g/mol. The van der Waals surface area contributed by atoms with Crippen molar-refractivity contribution in [1.29, 1.82) is 0 Å². The van der Waals surface area contributed by atoms with E-state index < -0.39 is 0 Å². The number of rotatable bonds is 4. The summed E-state index contributed by atoms with van der Waals surface area (Å²) >= 11 is 0. The fraction of sp³-hybridized carbons (Fsp3) is 1.00. The lowest BCUT2D eigenvalue weighted by atomic mass is 9.91. The highest BCUT2D eigenvalue weighted by molar-refractivity contribution is 4.92. The molecule has 4 fully saturated rings. The quantitative estimate of drug-likeness (QED) is 0.711. The lowest BCUT2D eigenvalue weighted by Gasteiger charge is -2.64. The van der Waals surface area contributed by atoms with Gasteiger partial charge in [0.25, 0.3) is 0 Å². The predicted molar refractivity (Wildman–Crippen MR) is 64.2 cm³/mol. The van der Waals surface area contributed by atoms with E-state index >= 15 is 0 Å². The van der Waals surface area contributed by atoms with Gasteiger partial charge in [-0.05, 0) is 25.2 Å². The molecule has 4 unspecified atom stereocenters. The van der Waals surface area contributed by atoms with Gasteiger partial charge in [0, 0.05) is 38.8 Å². The van der Waals surface area contributed by atoms with Crippen LogP contribution < -0.4 is 0 Å². The van der Waals surface area contributed by atoms with Crippen molar-refractivity contribution in [2.45, 2.75) is 39.2 Å². The Morgan fingerprint density at radius 2 is 1.81 bits per heavy atom. The van der Waals surface area contributed by atoms with Crippen molar-refractivity contribution in [3.8, 4) is 0 Å². The standard InChI is InChI=1S/C12H24N4/c1-3-5-14-12-7-11-8-13(10-12)15(6-4-2)16(14)9-11/h11-12H,3-10H2,1-2H3. The van der Waals surface area contributed by atoms with Crippen LogP contribution in [0.1, 0.15) is 33.1 Å². The summed E-state index contributed by atoms with van der Waals surface area (Å²) < 4.78 is 0. The third-order valence-corrected chi connectivity index (χ3v) is 4.10. The maximum absolute atomic E-state index is 2.63. The van der Waals surface area contributed by atoms with Crippen molar-refractivity contribution in [1.82, 2.24) is 20.3 Å². The number of piperidine rings is 1. The molecule has 4 heterocycles. The molecule has 4 heteroatoms. The number of hydrogen-bond donors (Lipinski definition) is 0. The molecule has 4 bridgehead atoms. The Morgan fingerprint density at radius 3 is 2.56 bits per heavy atom. The second-order valence-electron chi connectivity index (χ2n) is 5.44. The van der Waals surface area contributed by atoms with Gasteiger partial charge < -0.3 is 0 Å². The number of hydrazine groups is 3. The van der Waals surface area contributed by atoms with E-state index in [9.17, 15) is 0 Å². The van der Waals surface area contributed by atoms with Gasteiger partial charge in [0.1, 0.15) is 0 Å². The van der Waals surface area contributed by atoms with E-state index in [-0.39, 0.29) is 0 Å². The van der Waals surface area contributed by atoms with Gasteiger partial charge in [-0.2, -0.15) is 10.2 Å². The molecule has 16 heavy (non-hydrogen) atoms. The zero-order chi connectivity index (χ0) is 11.1. The molecular formula is C12H24N4. The average molecular weight is 224 g/mol. The molecule has 4 atom stereocenters. The number of hydrogen-bond acceptors (Lipinski definition) is 4. The van der Waals surface area contributed by atoms with E-state index in [1.165, 1.54) is 52.0 Å². The Labute approximate surface area is 98.7 Å². The third-order valence-electron chi connectivity index (χ3n) is 4.10. The summed E-state index contributed by atoms with van der Waals surface area (Å²) in [5.41, 5.74) is 0. The Bertz CT molecular complexity index is 235. The first-order valence-corrected chi connectivity index (χ1v) is 6.89. The first-order valence-electron chi connectivity index (χ1n) is 6.89. The molecule has 4 aliphatic heterocycles. The maximum atomic E-state index is 2.63. The number of nitrogens with zero attached hydrogens (tertiary/aromatic N) is 4. The van der Waals surface area contributed by atoms with E-state index in [0.29, 0.717) is 0 Å². The normalized spacial score (nSPS) is 43.1. The van der Waals surface area contributed by atoms with Crippen LogP contribution in [-0.2, 0) is 0 Å². The Morgan fingerprint density at radius 1 is 1.00 bits per heavy atom. The predicted octanol–water partition coefficient (Wildman–Crippen LogP) is 1.18. The summed E-state index contributed by atoms with van der Waals surface area (Å²) in [6.07, 6.45) is 3.92. The molecule has 0 aromatic carbocycles. The second-order valence-corrected chi connectivity index (χ2v) is 5.44. The van der Waals surface area contributed by atoms with E-state index in [4.69, 9.17) is 0 Å². The molecule has 4 saturated heterocycles. The van der Waals surface area contributed by atoms with Crippen molar-refractivity contribution in [3.05, 3.63) is 0 Å². The van der Waals surface area contributed by atoms with Crippen LogP contribution in [0.4, 0.5) is 0 Å². The van der Waals surface area contributed by atoms with Gasteiger partial charge in [0.15, 0.2) is 0 Å². The van der Waals surface area contributed by atoms with E-state index in [2.05, 4.69) is 34.1 Å². The van der Waals surface area contributed by atoms with Gasteiger partial charge in [-0.25, -0.2) is 10.0 Å². The molecule has 4 nitrogen and oxygen atoms in total. The molecule has 0 spiro atoms. The lowest BCUT2D eigenvalue weighted by Crippen LogP contribution is -2.77. The molecule has 0 N–H and O–H groups in total.